The van der Waals surface area contributed by atoms with Crippen LogP contribution in [-0.2, 0) is 5.88 Å². The van der Waals surface area contributed by atoms with Crippen LogP contribution in [0.2, 0.25) is 0 Å². The zero-order valence-corrected chi connectivity index (χ0v) is 10.4. The number of nitro benzene ring substituents is 1. The Balaban J connectivity index is 2.26. The van der Waals surface area contributed by atoms with Crippen molar-refractivity contribution in [2.75, 3.05) is 0 Å². The second-order valence-electron chi connectivity index (χ2n) is 3.70. The number of non-ortho nitro benzene ring substituents is 1. The smallest absolute Gasteiger partial charge is 0.269 e. The first-order chi connectivity index (χ1) is 9.11. The average molecular weight is 282 g/mol. The second kappa shape index (κ2) is 5.67. The van der Waals surface area contributed by atoms with Gasteiger partial charge in [0.25, 0.3) is 5.69 Å². The molecule has 2 aromatic rings. The Labute approximate surface area is 113 Å². The summed E-state index contributed by atoms with van der Waals surface area (Å²) in [5, 5.41) is 10.5. The van der Waals surface area contributed by atoms with Crippen LogP contribution < -0.4 is 4.74 Å². The van der Waals surface area contributed by atoms with Gasteiger partial charge in [-0.3, -0.25) is 10.1 Å². The third-order valence-electron chi connectivity index (χ3n) is 2.48. The van der Waals surface area contributed by atoms with Crippen LogP contribution in [0.4, 0.5) is 10.1 Å². The number of hydrogen-bond acceptors (Lipinski definition) is 3. The van der Waals surface area contributed by atoms with Crippen molar-refractivity contribution >= 4 is 17.3 Å². The van der Waals surface area contributed by atoms with Crippen LogP contribution in [-0.4, -0.2) is 4.92 Å². The van der Waals surface area contributed by atoms with Crippen molar-refractivity contribution in [2.45, 2.75) is 5.88 Å². The van der Waals surface area contributed by atoms with Crippen LogP contribution >= 0.6 is 11.6 Å². The van der Waals surface area contributed by atoms with Gasteiger partial charge in [-0.25, -0.2) is 4.39 Å². The number of hydrogen-bond donors (Lipinski definition) is 0. The van der Waals surface area contributed by atoms with Crippen molar-refractivity contribution in [3.05, 3.63) is 64.0 Å². The van der Waals surface area contributed by atoms with Gasteiger partial charge in [0.15, 0.2) is 0 Å². The summed E-state index contributed by atoms with van der Waals surface area (Å²) in [6, 6.07) is 9.90. The van der Waals surface area contributed by atoms with Gasteiger partial charge in [-0.15, -0.1) is 11.6 Å². The van der Waals surface area contributed by atoms with Crippen LogP contribution in [0, 0.1) is 15.9 Å². The van der Waals surface area contributed by atoms with Crippen molar-refractivity contribution in [3.63, 3.8) is 0 Å². The predicted octanol–water partition coefficient (Wildman–Crippen LogP) is 4.27. The minimum atomic E-state index is -0.504. The van der Waals surface area contributed by atoms with E-state index >= 15 is 0 Å². The molecular formula is C13H9ClFNO3. The van der Waals surface area contributed by atoms with Crippen LogP contribution in [0.3, 0.4) is 0 Å². The molecular weight excluding hydrogens is 273 g/mol. The highest BCUT2D eigenvalue weighted by Gasteiger charge is 2.10. The summed E-state index contributed by atoms with van der Waals surface area (Å²) in [6.07, 6.45) is 0. The first kappa shape index (κ1) is 13.3. The lowest BCUT2D eigenvalue weighted by Crippen LogP contribution is -1.93. The summed E-state index contributed by atoms with van der Waals surface area (Å²) in [5.41, 5.74) is 0.215. The van der Waals surface area contributed by atoms with E-state index in [1.807, 2.05) is 0 Å². The van der Waals surface area contributed by atoms with Crippen molar-refractivity contribution in [1.82, 2.24) is 0 Å². The summed E-state index contributed by atoms with van der Waals surface area (Å²) in [7, 11) is 0. The van der Waals surface area contributed by atoms with Crippen LogP contribution in [0.5, 0.6) is 11.5 Å². The van der Waals surface area contributed by atoms with E-state index in [-0.39, 0.29) is 17.1 Å². The summed E-state index contributed by atoms with van der Waals surface area (Å²) in [4.78, 5) is 10.0. The SMILES string of the molecule is O=[N+]([O-])c1ccc(Oc2cccc(F)c2CCl)cc1. The maximum Gasteiger partial charge on any atom is 0.269 e. The summed E-state index contributed by atoms with van der Waals surface area (Å²) >= 11 is 5.66. The Morgan fingerprint density at radius 1 is 1.21 bits per heavy atom. The van der Waals surface area contributed by atoms with Gasteiger partial charge in [-0.2, -0.15) is 0 Å². The lowest BCUT2D eigenvalue weighted by molar-refractivity contribution is -0.384. The van der Waals surface area contributed by atoms with Crippen molar-refractivity contribution < 1.29 is 14.1 Å². The Bertz CT molecular complexity index is 601. The van der Waals surface area contributed by atoms with E-state index in [1.54, 1.807) is 6.07 Å². The third kappa shape index (κ3) is 3.00. The topological polar surface area (TPSA) is 52.4 Å². The number of benzene rings is 2. The molecule has 0 atom stereocenters. The normalized spacial score (nSPS) is 10.2. The van der Waals surface area contributed by atoms with E-state index in [4.69, 9.17) is 16.3 Å². The monoisotopic (exact) mass is 281 g/mol. The average Bonchev–Trinajstić information content (AvgIpc) is 2.39. The number of halogens is 2. The number of alkyl halides is 1. The molecule has 0 saturated carbocycles. The molecule has 19 heavy (non-hydrogen) atoms. The van der Waals surface area contributed by atoms with Gasteiger partial charge in [0.1, 0.15) is 17.3 Å². The highest BCUT2D eigenvalue weighted by molar-refractivity contribution is 6.17. The Kier molecular flexibility index (Phi) is 3.97. The molecule has 98 valence electrons. The number of nitrogens with zero attached hydrogens (tertiary/aromatic N) is 1. The molecule has 0 fully saturated rings. The number of nitro groups is 1. The predicted molar refractivity (Wildman–Crippen MR) is 69.1 cm³/mol. The molecule has 0 aliphatic carbocycles. The van der Waals surface area contributed by atoms with Gasteiger partial charge in [-0.1, -0.05) is 6.07 Å². The van der Waals surface area contributed by atoms with Gasteiger partial charge in [0.2, 0.25) is 0 Å². The quantitative estimate of drug-likeness (QED) is 0.478. The van der Waals surface area contributed by atoms with Crippen LogP contribution in [0.1, 0.15) is 5.56 Å². The molecule has 0 heterocycles. The van der Waals surface area contributed by atoms with Crippen LogP contribution in [0.25, 0.3) is 0 Å². The molecule has 0 unspecified atom stereocenters. The summed E-state index contributed by atoms with van der Waals surface area (Å²) in [5.74, 6) is 0.204. The van der Waals surface area contributed by atoms with Gasteiger partial charge in [-0.05, 0) is 24.3 Å². The Morgan fingerprint density at radius 3 is 2.47 bits per heavy atom. The summed E-state index contributed by atoms with van der Waals surface area (Å²) in [6.45, 7) is 0. The van der Waals surface area contributed by atoms with E-state index in [2.05, 4.69) is 0 Å². The molecule has 6 heteroatoms. The zero-order valence-electron chi connectivity index (χ0n) is 9.68. The number of ether oxygens (including phenoxy) is 1. The fraction of sp³-hybridized carbons (Fsp3) is 0.0769. The molecule has 0 N–H and O–H groups in total. The molecule has 0 amide bonds. The molecule has 0 aromatic heterocycles. The Hall–Kier alpha value is -2.14. The standard InChI is InChI=1S/C13H9ClFNO3/c14-8-11-12(15)2-1-3-13(11)19-10-6-4-9(5-7-10)16(17)18/h1-7H,8H2. The largest absolute Gasteiger partial charge is 0.457 e. The van der Waals surface area contributed by atoms with E-state index in [0.717, 1.165) is 0 Å². The van der Waals surface area contributed by atoms with E-state index in [9.17, 15) is 14.5 Å². The van der Waals surface area contributed by atoms with Gasteiger partial charge in [0.05, 0.1) is 10.8 Å². The molecule has 0 saturated heterocycles. The van der Waals surface area contributed by atoms with Gasteiger partial charge in [0, 0.05) is 17.7 Å². The number of rotatable bonds is 4. The summed E-state index contributed by atoms with van der Waals surface area (Å²) < 4.78 is 18.9. The molecule has 0 aliphatic rings. The molecule has 0 radical (unpaired) electrons. The third-order valence-corrected chi connectivity index (χ3v) is 2.75. The van der Waals surface area contributed by atoms with Crippen molar-refractivity contribution in [3.8, 4) is 11.5 Å². The molecule has 2 rings (SSSR count). The molecule has 4 nitrogen and oxygen atoms in total. The zero-order chi connectivity index (χ0) is 13.8. The van der Waals surface area contributed by atoms with Gasteiger partial charge < -0.3 is 4.74 Å². The first-order valence-corrected chi connectivity index (χ1v) is 5.91. The van der Waals surface area contributed by atoms with Crippen LogP contribution in [0.15, 0.2) is 42.5 Å². The molecule has 0 bridgehead atoms. The molecule has 0 spiro atoms. The minimum Gasteiger partial charge on any atom is -0.457 e. The molecule has 2 aromatic carbocycles. The second-order valence-corrected chi connectivity index (χ2v) is 3.97. The van der Waals surface area contributed by atoms with Crippen molar-refractivity contribution in [1.29, 1.82) is 0 Å². The van der Waals surface area contributed by atoms with E-state index < -0.39 is 10.7 Å². The van der Waals surface area contributed by atoms with E-state index in [0.29, 0.717) is 11.5 Å². The molecule has 0 aliphatic heterocycles. The minimum absolute atomic E-state index is 0.0189. The van der Waals surface area contributed by atoms with Crippen molar-refractivity contribution in [2.24, 2.45) is 0 Å². The lowest BCUT2D eigenvalue weighted by Gasteiger charge is -2.09. The Morgan fingerprint density at radius 2 is 1.89 bits per heavy atom. The maximum absolute atomic E-state index is 13.5. The fourth-order valence-corrected chi connectivity index (χ4v) is 1.79. The fourth-order valence-electron chi connectivity index (χ4n) is 1.53. The lowest BCUT2D eigenvalue weighted by atomic mass is 10.2. The first-order valence-electron chi connectivity index (χ1n) is 5.37. The van der Waals surface area contributed by atoms with Gasteiger partial charge >= 0.3 is 0 Å². The maximum atomic E-state index is 13.5. The highest BCUT2D eigenvalue weighted by Crippen LogP contribution is 2.29. The van der Waals surface area contributed by atoms with E-state index in [1.165, 1.54) is 36.4 Å². The highest BCUT2D eigenvalue weighted by atomic mass is 35.5.